The van der Waals surface area contributed by atoms with Gasteiger partial charge in [0.25, 0.3) is 5.56 Å². The third-order valence-corrected chi connectivity index (χ3v) is 6.18. The second-order valence-electron chi connectivity index (χ2n) is 6.18. The summed E-state index contributed by atoms with van der Waals surface area (Å²) in [5.74, 6) is 1.23. The van der Waals surface area contributed by atoms with Gasteiger partial charge in [0.1, 0.15) is 0 Å². The second-order valence-corrected chi connectivity index (χ2v) is 8.41. The van der Waals surface area contributed by atoms with Gasteiger partial charge in [0, 0.05) is 18.0 Å². The van der Waals surface area contributed by atoms with Gasteiger partial charge in [-0.2, -0.15) is 0 Å². The Labute approximate surface area is 151 Å². The van der Waals surface area contributed by atoms with E-state index in [1.54, 1.807) is 32.2 Å². The molecule has 140 valence electrons. The number of sulfone groups is 1. The standard InChI is InChI=1S/C17H21N3O5S/c1-11-14(9-18-12-4-5-15(24-2)16(8-12)25-3)17(21)20(19-11)13-6-7-26(22,23)10-13/h4-5,8-9,13,19H,6-7,10H2,1-3H3. The summed E-state index contributed by atoms with van der Waals surface area (Å²) in [5, 5.41) is 2.97. The van der Waals surface area contributed by atoms with E-state index in [2.05, 4.69) is 10.1 Å². The molecule has 8 nitrogen and oxygen atoms in total. The predicted octanol–water partition coefficient (Wildman–Crippen LogP) is 1.61. The molecule has 0 amide bonds. The highest BCUT2D eigenvalue weighted by molar-refractivity contribution is 7.91. The number of aromatic amines is 1. The van der Waals surface area contributed by atoms with Crippen LogP contribution in [-0.2, 0) is 9.84 Å². The summed E-state index contributed by atoms with van der Waals surface area (Å²) in [4.78, 5) is 17.0. The van der Waals surface area contributed by atoms with Crippen LogP contribution in [-0.4, -0.2) is 50.1 Å². The zero-order valence-electron chi connectivity index (χ0n) is 14.9. The van der Waals surface area contributed by atoms with Crippen LogP contribution in [0.1, 0.15) is 23.7 Å². The number of nitrogens with one attached hydrogen (secondary N) is 1. The fourth-order valence-corrected chi connectivity index (χ4v) is 4.71. The summed E-state index contributed by atoms with van der Waals surface area (Å²) in [6, 6.07) is 4.84. The predicted molar refractivity (Wildman–Crippen MR) is 98.9 cm³/mol. The average Bonchev–Trinajstić information content (AvgIpc) is 3.11. The maximum atomic E-state index is 12.6. The number of H-pyrrole nitrogens is 1. The van der Waals surface area contributed by atoms with Gasteiger partial charge in [0.05, 0.1) is 43.0 Å². The molecular formula is C17H21N3O5S. The Morgan fingerprint density at radius 2 is 2.00 bits per heavy atom. The lowest BCUT2D eigenvalue weighted by atomic mass is 10.2. The third-order valence-electron chi connectivity index (χ3n) is 4.42. The SMILES string of the molecule is COc1ccc(N=Cc2c(C)[nH]n(C3CCS(=O)(=O)C3)c2=O)cc1OC. The first kappa shape index (κ1) is 18.2. The molecule has 1 aromatic heterocycles. The van der Waals surface area contributed by atoms with Crippen LogP contribution in [0.2, 0.25) is 0 Å². The molecule has 1 atom stereocenters. The van der Waals surface area contributed by atoms with E-state index in [1.807, 2.05) is 0 Å². The fourth-order valence-electron chi connectivity index (χ4n) is 3.01. The minimum Gasteiger partial charge on any atom is -0.493 e. The number of nitrogens with zero attached hydrogens (tertiary/aromatic N) is 2. The molecule has 9 heteroatoms. The largest absolute Gasteiger partial charge is 0.493 e. The quantitative estimate of drug-likeness (QED) is 0.795. The van der Waals surface area contributed by atoms with Gasteiger partial charge < -0.3 is 9.47 Å². The Morgan fingerprint density at radius 1 is 1.27 bits per heavy atom. The first-order chi connectivity index (χ1) is 12.3. The van der Waals surface area contributed by atoms with Crippen molar-refractivity contribution in [3.05, 3.63) is 39.8 Å². The van der Waals surface area contributed by atoms with Crippen molar-refractivity contribution in [3.63, 3.8) is 0 Å². The Kier molecular flexibility index (Phi) is 4.90. The van der Waals surface area contributed by atoms with Gasteiger partial charge in [-0.15, -0.1) is 0 Å². The summed E-state index contributed by atoms with van der Waals surface area (Å²) < 4.78 is 35.1. The minimum absolute atomic E-state index is 0.0148. The van der Waals surface area contributed by atoms with Crippen molar-refractivity contribution in [2.45, 2.75) is 19.4 Å². The molecule has 1 aliphatic rings. The Morgan fingerprint density at radius 3 is 2.62 bits per heavy atom. The number of aliphatic imine (C=N–C) groups is 1. The van der Waals surface area contributed by atoms with Gasteiger partial charge >= 0.3 is 0 Å². The lowest BCUT2D eigenvalue weighted by Gasteiger charge is -2.07. The van der Waals surface area contributed by atoms with E-state index in [0.29, 0.717) is 34.9 Å². The van der Waals surface area contributed by atoms with Gasteiger partial charge in [-0.3, -0.25) is 14.9 Å². The van der Waals surface area contributed by atoms with Gasteiger partial charge in [0.15, 0.2) is 21.3 Å². The van der Waals surface area contributed by atoms with Crippen molar-refractivity contribution in [1.82, 2.24) is 9.78 Å². The highest BCUT2D eigenvalue weighted by Crippen LogP contribution is 2.31. The molecule has 0 aliphatic carbocycles. The van der Waals surface area contributed by atoms with Crippen LogP contribution in [0.3, 0.4) is 0 Å². The zero-order chi connectivity index (χ0) is 18.9. The van der Waals surface area contributed by atoms with Crippen LogP contribution in [0.4, 0.5) is 5.69 Å². The Bertz CT molecular complexity index is 1000. The number of aryl methyl sites for hydroxylation is 1. The molecule has 0 spiro atoms. The zero-order valence-corrected chi connectivity index (χ0v) is 15.7. The summed E-state index contributed by atoms with van der Waals surface area (Å²) in [6.45, 7) is 1.76. The van der Waals surface area contributed by atoms with E-state index in [-0.39, 0.29) is 23.1 Å². The van der Waals surface area contributed by atoms with Crippen molar-refractivity contribution in [3.8, 4) is 11.5 Å². The van der Waals surface area contributed by atoms with Crippen molar-refractivity contribution in [2.24, 2.45) is 4.99 Å². The van der Waals surface area contributed by atoms with E-state index >= 15 is 0 Å². The molecular weight excluding hydrogens is 358 g/mol. The fraction of sp³-hybridized carbons (Fsp3) is 0.412. The molecule has 1 saturated heterocycles. The van der Waals surface area contributed by atoms with Crippen molar-refractivity contribution in [2.75, 3.05) is 25.7 Å². The van der Waals surface area contributed by atoms with Crippen LogP contribution >= 0.6 is 0 Å². The monoisotopic (exact) mass is 379 g/mol. The first-order valence-electron chi connectivity index (χ1n) is 8.12. The lowest BCUT2D eigenvalue weighted by molar-refractivity contribution is 0.355. The van der Waals surface area contributed by atoms with E-state index in [4.69, 9.17) is 9.47 Å². The average molecular weight is 379 g/mol. The molecule has 3 rings (SSSR count). The molecule has 1 aromatic carbocycles. The van der Waals surface area contributed by atoms with Crippen molar-refractivity contribution in [1.29, 1.82) is 0 Å². The molecule has 0 radical (unpaired) electrons. The van der Waals surface area contributed by atoms with E-state index in [1.165, 1.54) is 18.0 Å². The Hall–Kier alpha value is -2.55. The second kappa shape index (κ2) is 6.99. The van der Waals surface area contributed by atoms with Crippen LogP contribution in [0, 0.1) is 6.92 Å². The molecule has 1 fully saturated rings. The van der Waals surface area contributed by atoms with E-state index in [0.717, 1.165) is 0 Å². The first-order valence-corrected chi connectivity index (χ1v) is 9.94. The van der Waals surface area contributed by atoms with Crippen LogP contribution in [0.25, 0.3) is 0 Å². The number of ether oxygens (including phenoxy) is 2. The lowest BCUT2D eigenvalue weighted by Crippen LogP contribution is -2.25. The maximum absolute atomic E-state index is 12.6. The van der Waals surface area contributed by atoms with Gasteiger partial charge in [-0.25, -0.2) is 13.1 Å². The van der Waals surface area contributed by atoms with Gasteiger partial charge in [-0.05, 0) is 25.5 Å². The molecule has 0 bridgehead atoms. The molecule has 2 aromatic rings. The van der Waals surface area contributed by atoms with Gasteiger partial charge in [-0.1, -0.05) is 0 Å². The molecule has 2 heterocycles. The number of rotatable bonds is 5. The number of benzene rings is 1. The molecule has 1 N–H and O–H groups in total. The molecule has 1 unspecified atom stereocenters. The summed E-state index contributed by atoms with van der Waals surface area (Å²) >= 11 is 0. The maximum Gasteiger partial charge on any atom is 0.275 e. The highest BCUT2D eigenvalue weighted by atomic mass is 32.2. The number of methoxy groups -OCH3 is 2. The van der Waals surface area contributed by atoms with E-state index < -0.39 is 9.84 Å². The Balaban J connectivity index is 1.89. The van der Waals surface area contributed by atoms with E-state index in [9.17, 15) is 13.2 Å². The molecule has 1 aliphatic heterocycles. The number of aromatic nitrogens is 2. The number of hydrogen-bond donors (Lipinski definition) is 1. The molecule has 0 saturated carbocycles. The van der Waals surface area contributed by atoms with Crippen molar-refractivity contribution >= 4 is 21.7 Å². The summed E-state index contributed by atoms with van der Waals surface area (Å²) in [6.07, 6.45) is 1.92. The highest BCUT2D eigenvalue weighted by Gasteiger charge is 2.31. The van der Waals surface area contributed by atoms with Gasteiger partial charge in [0.2, 0.25) is 0 Å². The van der Waals surface area contributed by atoms with Crippen LogP contribution < -0.4 is 15.0 Å². The van der Waals surface area contributed by atoms with Crippen LogP contribution in [0.5, 0.6) is 11.5 Å². The minimum atomic E-state index is -3.07. The third kappa shape index (κ3) is 3.52. The topological polar surface area (TPSA) is 103 Å². The summed E-state index contributed by atoms with van der Waals surface area (Å²) in [5.41, 5.74) is 1.39. The van der Waals surface area contributed by atoms with Crippen LogP contribution in [0.15, 0.2) is 28.0 Å². The smallest absolute Gasteiger partial charge is 0.275 e. The molecule has 26 heavy (non-hydrogen) atoms. The summed E-state index contributed by atoms with van der Waals surface area (Å²) in [7, 11) is 0.0162. The van der Waals surface area contributed by atoms with Crippen molar-refractivity contribution < 1.29 is 17.9 Å². The number of hydrogen-bond acceptors (Lipinski definition) is 6. The normalized spacial score (nSPS) is 19.1.